The van der Waals surface area contributed by atoms with Crippen molar-refractivity contribution in [2.75, 3.05) is 18.5 Å². The van der Waals surface area contributed by atoms with Gasteiger partial charge in [-0.15, -0.1) is 11.3 Å². The number of hydrogen-bond acceptors (Lipinski definition) is 5. The summed E-state index contributed by atoms with van der Waals surface area (Å²) in [6.07, 6.45) is 0.952. The molecule has 8 heteroatoms. The minimum absolute atomic E-state index is 0.107. The molecule has 2 aromatic carbocycles. The van der Waals surface area contributed by atoms with E-state index in [-0.39, 0.29) is 18.4 Å². The molecule has 1 unspecified atom stereocenters. The molecule has 4 aromatic rings. The topological polar surface area (TPSA) is 76.5 Å². The number of fused-ring (bicyclic) bond motifs is 1. The van der Waals surface area contributed by atoms with Crippen molar-refractivity contribution in [3.63, 3.8) is 0 Å². The molecule has 0 aliphatic carbocycles. The first kappa shape index (κ1) is 20.0. The monoisotopic (exact) mass is 444 g/mol. The first-order valence-electron chi connectivity index (χ1n) is 10.1. The molecule has 2 amide bonds. The van der Waals surface area contributed by atoms with E-state index in [4.69, 9.17) is 9.84 Å². The number of likely N-dealkylation sites (N-methyl/N-ethyl adjacent to an activating group) is 1. The Morgan fingerprint density at radius 3 is 2.59 bits per heavy atom. The van der Waals surface area contributed by atoms with Crippen LogP contribution in [0, 0.1) is 0 Å². The van der Waals surface area contributed by atoms with E-state index in [9.17, 15) is 9.59 Å². The molecule has 0 bridgehead atoms. The Morgan fingerprint density at radius 2 is 1.84 bits per heavy atom. The largest absolute Gasteiger partial charge is 0.477 e. The number of ether oxygens (including phenoxy) is 1. The van der Waals surface area contributed by atoms with Gasteiger partial charge in [0.05, 0.1) is 28.4 Å². The van der Waals surface area contributed by atoms with Gasteiger partial charge in [0.1, 0.15) is 11.4 Å². The van der Waals surface area contributed by atoms with Crippen molar-refractivity contribution in [3.8, 4) is 22.0 Å². The second kappa shape index (κ2) is 8.32. The SMILES string of the molecule is CNC(=O)C1CN(C(=O)c2cn(-c3ccccc3)nc2-c2cccs2)c2ccccc2O1. The Morgan fingerprint density at radius 1 is 1.06 bits per heavy atom. The van der Waals surface area contributed by atoms with Crippen LogP contribution in [0.2, 0.25) is 0 Å². The van der Waals surface area contributed by atoms with Crippen molar-refractivity contribution in [3.05, 3.63) is 83.9 Å². The van der Waals surface area contributed by atoms with Gasteiger partial charge in [0.15, 0.2) is 6.10 Å². The lowest BCUT2D eigenvalue weighted by Gasteiger charge is -2.33. The first-order valence-corrected chi connectivity index (χ1v) is 11.0. The number of aromatic nitrogens is 2. The Labute approximate surface area is 188 Å². The maximum Gasteiger partial charge on any atom is 0.262 e. The molecule has 1 aliphatic rings. The van der Waals surface area contributed by atoms with Crippen LogP contribution < -0.4 is 15.0 Å². The Hall–Kier alpha value is -3.91. The smallest absolute Gasteiger partial charge is 0.262 e. The van der Waals surface area contributed by atoms with E-state index >= 15 is 0 Å². The fraction of sp³-hybridized carbons (Fsp3) is 0.125. The number of hydrogen-bond donors (Lipinski definition) is 1. The average Bonchev–Trinajstić information content (AvgIpc) is 3.53. The summed E-state index contributed by atoms with van der Waals surface area (Å²) >= 11 is 1.52. The molecule has 3 heterocycles. The van der Waals surface area contributed by atoms with E-state index in [1.165, 1.54) is 11.3 Å². The molecule has 0 radical (unpaired) electrons. The van der Waals surface area contributed by atoms with E-state index in [0.717, 1.165) is 10.6 Å². The molecule has 0 spiro atoms. The number of rotatable bonds is 4. The summed E-state index contributed by atoms with van der Waals surface area (Å²) in [6, 6.07) is 20.8. The van der Waals surface area contributed by atoms with Gasteiger partial charge in [0, 0.05) is 13.2 Å². The third-order valence-corrected chi connectivity index (χ3v) is 6.15. The molecule has 1 aliphatic heterocycles. The molecule has 0 saturated heterocycles. The van der Waals surface area contributed by atoms with Gasteiger partial charge >= 0.3 is 0 Å². The van der Waals surface area contributed by atoms with Gasteiger partial charge in [-0.05, 0) is 35.7 Å². The van der Waals surface area contributed by atoms with Crippen molar-refractivity contribution in [2.45, 2.75) is 6.10 Å². The molecule has 2 aromatic heterocycles. The van der Waals surface area contributed by atoms with Crippen LogP contribution >= 0.6 is 11.3 Å². The molecule has 1 atom stereocenters. The summed E-state index contributed by atoms with van der Waals surface area (Å²) in [6.45, 7) is 0.107. The molecule has 5 rings (SSSR count). The zero-order valence-corrected chi connectivity index (χ0v) is 18.1. The van der Waals surface area contributed by atoms with Gasteiger partial charge in [0.2, 0.25) is 0 Å². The van der Waals surface area contributed by atoms with E-state index in [2.05, 4.69) is 5.32 Å². The lowest BCUT2D eigenvalue weighted by atomic mass is 10.1. The summed E-state index contributed by atoms with van der Waals surface area (Å²) in [5, 5.41) is 9.30. The highest BCUT2D eigenvalue weighted by molar-refractivity contribution is 7.13. The van der Waals surface area contributed by atoms with Gasteiger partial charge in [-0.3, -0.25) is 9.59 Å². The zero-order valence-electron chi connectivity index (χ0n) is 17.3. The van der Waals surface area contributed by atoms with E-state index in [1.807, 2.05) is 66.0 Å². The van der Waals surface area contributed by atoms with Crippen LogP contribution in [0.25, 0.3) is 16.3 Å². The highest BCUT2D eigenvalue weighted by Crippen LogP contribution is 2.36. The van der Waals surface area contributed by atoms with Gasteiger partial charge in [0.25, 0.3) is 11.8 Å². The maximum absolute atomic E-state index is 13.9. The number of benzene rings is 2. The van der Waals surface area contributed by atoms with E-state index in [0.29, 0.717) is 22.7 Å². The van der Waals surface area contributed by atoms with Crippen molar-refractivity contribution in [1.29, 1.82) is 0 Å². The second-order valence-electron chi connectivity index (χ2n) is 7.25. The van der Waals surface area contributed by atoms with Crippen molar-refractivity contribution in [2.24, 2.45) is 0 Å². The molecule has 1 N–H and O–H groups in total. The predicted molar refractivity (Wildman–Crippen MR) is 123 cm³/mol. The number of para-hydroxylation sites is 3. The van der Waals surface area contributed by atoms with Crippen molar-refractivity contribution < 1.29 is 14.3 Å². The van der Waals surface area contributed by atoms with Crippen LogP contribution in [0.3, 0.4) is 0 Å². The van der Waals surface area contributed by atoms with Crippen LogP contribution in [0.4, 0.5) is 5.69 Å². The van der Waals surface area contributed by atoms with Crippen LogP contribution in [0.5, 0.6) is 5.75 Å². The highest BCUT2D eigenvalue weighted by atomic mass is 32.1. The minimum Gasteiger partial charge on any atom is -0.477 e. The fourth-order valence-corrected chi connectivity index (χ4v) is 4.43. The quantitative estimate of drug-likeness (QED) is 0.520. The fourth-order valence-electron chi connectivity index (χ4n) is 3.71. The van der Waals surface area contributed by atoms with Crippen molar-refractivity contribution >= 4 is 28.8 Å². The van der Waals surface area contributed by atoms with Gasteiger partial charge in [-0.2, -0.15) is 5.10 Å². The van der Waals surface area contributed by atoms with E-state index in [1.54, 1.807) is 28.9 Å². The number of thiophene rings is 1. The molecular weight excluding hydrogens is 424 g/mol. The lowest BCUT2D eigenvalue weighted by Crippen LogP contribution is -2.50. The van der Waals surface area contributed by atoms with Gasteiger partial charge in [-0.25, -0.2) is 4.68 Å². The number of carbonyl (C=O) groups is 2. The summed E-state index contributed by atoms with van der Waals surface area (Å²) in [5.41, 5.74) is 2.55. The highest BCUT2D eigenvalue weighted by Gasteiger charge is 2.35. The summed E-state index contributed by atoms with van der Waals surface area (Å²) in [7, 11) is 1.55. The van der Waals surface area contributed by atoms with Crippen LogP contribution in [0.1, 0.15) is 10.4 Å². The number of anilines is 1. The van der Waals surface area contributed by atoms with Crippen LogP contribution in [-0.4, -0.2) is 41.3 Å². The van der Waals surface area contributed by atoms with Crippen LogP contribution in [-0.2, 0) is 4.79 Å². The van der Waals surface area contributed by atoms with Gasteiger partial charge in [-0.1, -0.05) is 36.4 Å². The maximum atomic E-state index is 13.9. The average molecular weight is 445 g/mol. The first-order chi connectivity index (χ1) is 15.7. The molecule has 7 nitrogen and oxygen atoms in total. The Balaban J connectivity index is 1.60. The summed E-state index contributed by atoms with van der Waals surface area (Å²) in [5.74, 6) is -0.0233. The summed E-state index contributed by atoms with van der Waals surface area (Å²) in [4.78, 5) is 28.7. The molecule has 0 fully saturated rings. The lowest BCUT2D eigenvalue weighted by molar-refractivity contribution is -0.127. The van der Waals surface area contributed by atoms with Crippen molar-refractivity contribution in [1.82, 2.24) is 15.1 Å². The number of amides is 2. The number of nitrogens with one attached hydrogen (secondary N) is 1. The summed E-state index contributed by atoms with van der Waals surface area (Å²) < 4.78 is 7.57. The number of carbonyl (C=O) groups excluding carboxylic acids is 2. The molecule has 0 saturated carbocycles. The molecule has 32 heavy (non-hydrogen) atoms. The number of nitrogens with zero attached hydrogens (tertiary/aromatic N) is 3. The van der Waals surface area contributed by atoms with Gasteiger partial charge < -0.3 is 15.0 Å². The Kier molecular flexibility index (Phi) is 5.20. The van der Waals surface area contributed by atoms with E-state index < -0.39 is 6.10 Å². The third kappa shape index (κ3) is 3.54. The zero-order chi connectivity index (χ0) is 22.1. The normalized spacial score (nSPS) is 15.0. The third-order valence-electron chi connectivity index (χ3n) is 5.28. The van der Waals surface area contributed by atoms with Crippen LogP contribution in [0.15, 0.2) is 78.3 Å². The standard InChI is InChI=1S/C24H20N4O3S/c1-25-23(29)20-15-27(18-10-5-6-11-19(18)31-20)24(30)17-14-28(16-8-3-2-4-9-16)26-22(17)21-12-7-13-32-21/h2-14,20H,15H2,1H3,(H,25,29). The minimum atomic E-state index is -0.798. The Bertz CT molecular complexity index is 1270. The predicted octanol–water partition coefficient (Wildman–Crippen LogP) is 3.75. The molecular formula is C24H20N4O3S. The second-order valence-corrected chi connectivity index (χ2v) is 8.20. The molecule has 160 valence electrons.